The van der Waals surface area contributed by atoms with Gasteiger partial charge in [0, 0.05) is 13.1 Å². The maximum absolute atomic E-state index is 12.2. The van der Waals surface area contributed by atoms with E-state index in [2.05, 4.69) is 0 Å². The Labute approximate surface area is 126 Å². The van der Waals surface area contributed by atoms with Crippen LogP contribution in [0.5, 0.6) is 0 Å². The lowest BCUT2D eigenvalue weighted by atomic mass is 9.69. The number of ether oxygens (including phenoxy) is 1. The van der Waals surface area contributed by atoms with E-state index >= 15 is 0 Å². The Balaban J connectivity index is 2.00. The molecule has 1 N–H and O–H groups in total. The van der Waals surface area contributed by atoms with Gasteiger partial charge in [0.1, 0.15) is 5.60 Å². The molecule has 2 atom stereocenters. The van der Waals surface area contributed by atoms with Crippen molar-refractivity contribution in [2.24, 2.45) is 17.8 Å². The molecule has 2 fully saturated rings. The van der Waals surface area contributed by atoms with E-state index in [1.807, 2.05) is 20.8 Å². The van der Waals surface area contributed by atoms with Crippen LogP contribution in [-0.4, -0.2) is 40.8 Å². The minimum Gasteiger partial charge on any atom is -0.481 e. The van der Waals surface area contributed by atoms with Crippen molar-refractivity contribution in [1.29, 1.82) is 0 Å². The maximum Gasteiger partial charge on any atom is 0.410 e. The summed E-state index contributed by atoms with van der Waals surface area (Å²) in [5.74, 6) is -0.283. The molecule has 1 aliphatic carbocycles. The molecule has 2 rings (SSSR count). The van der Waals surface area contributed by atoms with Crippen molar-refractivity contribution < 1.29 is 19.4 Å². The minimum atomic E-state index is -0.710. The van der Waals surface area contributed by atoms with Crippen LogP contribution in [0.3, 0.4) is 0 Å². The van der Waals surface area contributed by atoms with Crippen molar-refractivity contribution in [2.45, 2.75) is 58.5 Å². The number of nitrogens with zero attached hydrogens (tertiary/aromatic N) is 1. The summed E-state index contributed by atoms with van der Waals surface area (Å²) in [4.78, 5) is 25.4. The number of rotatable bonds is 2. The van der Waals surface area contributed by atoms with E-state index in [1.54, 1.807) is 4.90 Å². The number of carbonyl (C=O) groups is 2. The SMILES string of the molecule is CC(C)(C)OC(=O)N1CCC(C(=O)O)C(C2CCC2)CC1. The Morgan fingerprint density at radius 1 is 1.10 bits per heavy atom. The van der Waals surface area contributed by atoms with Crippen LogP contribution in [-0.2, 0) is 9.53 Å². The monoisotopic (exact) mass is 297 g/mol. The molecule has 0 aromatic heterocycles. The van der Waals surface area contributed by atoms with Gasteiger partial charge in [-0.05, 0) is 45.4 Å². The summed E-state index contributed by atoms with van der Waals surface area (Å²) in [5, 5.41) is 9.48. The average molecular weight is 297 g/mol. The average Bonchev–Trinajstić information content (AvgIpc) is 2.47. The molecule has 2 aliphatic rings. The van der Waals surface area contributed by atoms with Gasteiger partial charge in [0.05, 0.1) is 5.92 Å². The summed E-state index contributed by atoms with van der Waals surface area (Å²) in [6, 6.07) is 0. The highest BCUT2D eigenvalue weighted by atomic mass is 16.6. The molecular weight excluding hydrogens is 270 g/mol. The van der Waals surface area contributed by atoms with E-state index in [0.29, 0.717) is 25.4 Å². The van der Waals surface area contributed by atoms with Gasteiger partial charge in [0.15, 0.2) is 0 Å². The number of amides is 1. The van der Waals surface area contributed by atoms with E-state index in [-0.39, 0.29) is 17.9 Å². The quantitative estimate of drug-likeness (QED) is 0.850. The molecule has 2 unspecified atom stereocenters. The lowest BCUT2D eigenvalue weighted by molar-refractivity contribution is -0.145. The third-order valence-electron chi connectivity index (χ3n) is 4.68. The van der Waals surface area contributed by atoms with Crippen LogP contribution in [0.15, 0.2) is 0 Å². The van der Waals surface area contributed by atoms with E-state index in [4.69, 9.17) is 4.74 Å². The lowest BCUT2D eigenvalue weighted by Gasteiger charge is -2.36. The Hall–Kier alpha value is -1.26. The topological polar surface area (TPSA) is 66.8 Å². The molecule has 1 saturated carbocycles. The van der Waals surface area contributed by atoms with Gasteiger partial charge >= 0.3 is 12.1 Å². The molecule has 5 heteroatoms. The van der Waals surface area contributed by atoms with Crippen LogP contribution in [0, 0.1) is 17.8 Å². The van der Waals surface area contributed by atoms with Crippen molar-refractivity contribution in [3.05, 3.63) is 0 Å². The molecule has 21 heavy (non-hydrogen) atoms. The first kappa shape index (κ1) is 16.1. The number of carboxylic acids is 1. The van der Waals surface area contributed by atoms with Gasteiger partial charge in [-0.25, -0.2) is 4.79 Å². The van der Waals surface area contributed by atoms with Crippen LogP contribution in [0.2, 0.25) is 0 Å². The van der Waals surface area contributed by atoms with Gasteiger partial charge in [-0.1, -0.05) is 19.3 Å². The first-order chi connectivity index (χ1) is 9.78. The van der Waals surface area contributed by atoms with Gasteiger partial charge < -0.3 is 14.7 Å². The van der Waals surface area contributed by atoms with Gasteiger partial charge in [-0.2, -0.15) is 0 Å². The van der Waals surface area contributed by atoms with Crippen molar-refractivity contribution in [1.82, 2.24) is 4.90 Å². The van der Waals surface area contributed by atoms with Gasteiger partial charge in [-0.15, -0.1) is 0 Å². The summed E-state index contributed by atoms with van der Waals surface area (Å²) in [7, 11) is 0. The second kappa shape index (κ2) is 6.24. The molecular formula is C16H27NO4. The molecule has 120 valence electrons. The van der Waals surface area contributed by atoms with Crippen LogP contribution in [0.4, 0.5) is 4.79 Å². The van der Waals surface area contributed by atoms with Crippen molar-refractivity contribution in [3.8, 4) is 0 Å². The number of likely N-dealkylation sites (tertiary alicyclic amines) is 1. The van der Waals surface area contributed by atoms with Crippen LogP contribution >= 0.6 is 0 Å². The molecule has 0 aromatic carbocycles. The molecule has 1 heterocycles. The molecule has 0 aromatic rings. The summed E-state index contributed by atoms with van der Waals surface area (Å²) in [6.45, 7) is 6.63. The predicted octanol–water partition coefficient (Wildman–Crippen LogP) is 3.13. The largest absolute Gasteiger partial charge is 0.481 e. The summed E-state index contributed by atoms with van der Waals surface area (Å²) in [6.07, 6.45) is 4.49. The smallest absolute Gasteiger partial charge is 0.410 e. The van der Waals surface area contributed by atoms with Gasteiger partial charge in [0.2, 0.25) is 0 Å². The molecule has 1 aliphatic heterocycles. The van der Waals surface area contributed by atoms with E-state index < -0.39 is 11.6 Å². The number of carbonyl (C=O) groups excluding carboxylic acids is 1. The molecule has 1 amide bonds. The first-order valence-electron chi connectivity index (χ1n) is 7.98. The van der Waals surface area contributed by atoms with Crippen LogP contribution in [0.25, 0.3) is 0 Å². The second-order valence-electron chi connectivity index (χ2n) is 7.34. The third kappa shape index (κ3) is 4.11. The minimum absolute atomic E-state index is 0.212. The molecule has 1 saturated heterocycles. The molecule has 0 bridgehead atoms. The van der Waals surface area contributed by atoms with Crippen molar-refractivity contribution in [2.75, 3.05) is 13.1 Å². The number of hydrogen-bond acceptors (Lipinski definition) is 3. The summed E-state index contributed by atoms with van der Waals surface area (Å²) < 4.78 is 5.40. The summed E-state index contributed by atoms with van der Waals surface area (Å²) in [5.41, 5.74) is -0.511. The Bertz CT molecular complexity index is 398. The third-order valence-corrected chi connectivity index (χ3v) is 4.68. The standard InChI is InChI=1S/C16H27NO4/c1-16(2,3)21-15(20)17-9-7-12(11-5-4-6-11)13(8-10-17)14(18)19/h11-13H,4-10H2,1-3H3,(H,18,19). The highest BCUT2D eigenvalue weighted by Gasteiger charge is 2.39. The van der Waals surface area contributed by atoms with E-state index in [1.165, 1.54) is 6.42 Å². The Morgan fingerprint density at radius 2 is 1.71 bits per heavy atom. The van der Waals surface area contributed by atoms with Gasteiger partial charge in [-0.3, -0.25) is 4.79 Å². The predicted molar refractivity (Wildman–Crippen MR) is 79.0 cm³/mol. The molecule has 0 radical (unpaired) electrons. The maximum atomic E-state index is 12.2. The number of aliphatic carboxylic acids is 1. The number of hydrogen-bond donors (Lipinski definition) is 1. The Morgan fingerprint density at radius 3 is 2.19 bits per heavy atom. The van der Waals surface area contributed by atoms with Crippen LogP contribution in [0.1, 0.15) is 52.9 Å². The van der Waals surface area contributed by atoms with Gasteiger partial charge in [0.25, 0.3) is 0 Å². The zero-order chi connectivity index (χ0) is 15.6. The fourth-order valence-corrected chi connectivity index (χ4v) is 3.37. The molecule has 5 nitrogen and oxygen atoms in total. The fourth-order valence-electron chi connectivity index (χ4n) is 3.37. The second-order valence-corrected chi connectivity index (χ2v) is 7.34. The normalized spacial score (nSPS) is 27.7. The zero-order valence-corrected chi connectivity index (χ0v) is 13.3. The molecule has 0 spiro atoms. The van der Waals surface area contributed by atoms with Crippen molar-refractivity contribution in [3.63, 3.8) is 0 Å². The van der Waals surface area contributed by atoms with E-state index in [9.17, 15) is 14.7 Å². The highest BCUT2D eigenvalue weighted by Crippen LogP contribution is 2.41. The van der Waals surface area contributed by atoms with E-state index in [0.717, 1.165) is 19.3 Å². The Kier molecular flexibility index (Phi) is 4.79. The first-order valence-corrected chi connectivity index (χ1v) is 7.98. The van der Waals surface area contributed by atoms with Crippen LogP contribution < -0.4 is 0 Å². The highest BCUT2D eigenvalue weighted by molar-refractivity contribution is 5.71. The summed E-state index contributed by atoms with van der Waals surface area (Å²) >= 11 is 0. The van der Waals surface area contributed by atoms with Crippen molar-refractivity contribution >= 4 is 12.1 Å². The fraction of sp³-hybridized carbons (Fsp3) is 0.875. The number of carboxylic acid groups (broad SMARTS) is 1. The zero-order valence-electron chi connectivity index (χ0n) is 13.3. The lowest BCUT2D eigenvalue weighted by Crippen LogP contribution is -2.37.